The number of unbranched alkanes of at least 4 members (excludes halogenated alkanes) is 2. The molecule has 0 bridgehead atoms. The van der Waals surface area contributed by atoms with Gasteiger partial charge in [0.2, 0.25) is 23.6 Å². The molecule has 1 rings (SSSR count). The Labute approximate surface area is 208 Å². The van der Waals surface area contributed by atoms with E-state index >= 15 is 0 Å². The summed E-state index contributed by atoms with van der Waals surface area (Å²) in [6.07, 6.45) is 4.25. The number of carbonyl (C=O) groups excluding carboxylic acids is 6. The van der Waals surface area contributed by atoms with Crippen LogP contribution in [0.4, 0.5) is 0 Å². The zero-order valence-electron chi connectivity index (χ0n) is 20.5. The molecule has 6 amide bonds. The fourth-order valence-corrected chi connectivity index (χ4v) is 2.98. The number of imide groups is 1. The number of rotatable bonds is 16. The van der Waals surface area contributed by atoms with Crippen molar-refractivity contribution >= 4 is 41.4 Å². The highest BCUT2D eigenvalue weighted by molar-refractivity contribution is 6.12. The van der Waals surface area contributed by atoms with Gasteiger partial charge in [-0.25, -0.2) is 4.79 Å². The fraction of sp³-hybridized carbons (Fsp3) is 0.591. The summed E-state index contributed by atoms with van der Waals surface area (Å²) in [4.78, 5) is 82.9. The van der Waals surface area contributed by atoms with Crippen molar-refractivity contribution in [3.8, 4) is 0 Å². The molecular formula is C22H33N5O9. The van der Waals surface area contributed by atoms with Gasteiger partial charge < -0.3 is 31.1 Å². The molecule has 0 fully saturated rings. The van der Waals surface area contributed by atoms with Crippen LogP contribution < -0.4 is 21.3 Å². The Kier molecular flexibility index (Phi) is 12.8. The van der Waals surface area contributed by atoms with Crippen LogP contribution in [0, 0.1) is 0 Å². The summed E-state index contributed by atoms with van der Waals surface area (Å²) in [7, 11) is 0. The zero-order chi connectivity index (χ0) is 27.3. The van der Waals surface area contributed by atoms with E-state index in [1.54, 1.807) is 0 Å². The number of hydrogen-bond acceptors (Lipinski definition) is 8. The van der Waals surface area contributed by atoms with Gasteiger partial charge in [-0.2, -0.15) is 0 Å². The molecule has 5 N–H and O–H groups in total. The predicted molar refractivity (Wildman–Crippen MR) is 124 cm³/mol. The molecule has 200 valence electrons. The number of amides is 6. The van der Waals surface area contributed by atoms with Crippen LogP contribution in [0.15, 0.2) is 12.2 Å². The van der Waals surface area contributed by atoms with Gasteiger partial charge in [0, 0.05) is 25.1 Å². The van der Waals surface area contributed by atoms with E-state index in [0.717, 1.165) is 4.90 Å². The quantitative estimate of drug-likeness (QED) is 0.0897. The van der Waals surface area contributed by atoms with E-state index in [9.17, 15) is 33.6 Å². The predicted octanol–water partition coefficient (Wildman–Crippen LogP) is -1.84. The number of aliphatic carboxylic acids is 1. The molecule has 1 heterocycles. The molecule has 14 nitrogen and oxygen atoms in total. The maximum absolute atomic E-state index is 12.3. The van der Waals surface area contributed by atoms with Crippen LogP contribution in [0.25, 0.3) is 0 Å². The van der Waals surface area contributed by atoms with Crippen molar-refractivity contribution < 1.29 is 43.4 Å². The van der Waals surface area contributed by atoms with Crippen molar-refractivity contribution in [3.05, 3.63) is 12.2 Å². The second-order valence-electron chi connectivity index (χ2n) is 8.15. The van der Waals surface area contributed by atoms with E-state index in [2.05, 4.69) is 26.0 Å². The van der Waals surface area contributed by atoms with Crippen LogP contribution in [0.1, 0.15) is 46.5 Å². The Hall–Kier alpha value is -3.81. The molecule has 0 aromatic rings. The summed E-state index contributed by atoms with van der Waals surface area (Å²) in [6, 6.07) is -2.88. The molecule has 1 aliphatic heterocycles. The highest BCUT2D eigenvalue weighted by Crippen LogP contribution is 2.07. The van der Waals surface area contributed by atoms with Gasteiger partial charge in [-0.15, -0.1) is 0 Å². The van der Waals surface area contributed by atoms with Crippen LogP contribution in [0.2, 0.25) is 0 Å². The smallest absolute Gasteiger partial charge is 0.329 e. The van der Waals surface area contributed by atoms with Gasteiger partial charge in [0.1, 0.15) is 31.5 Å². The molecule has 0 spiro atoms. The number of carbonyl (C=O) groups is 7. The summed E-state index contributed by atoms with van der Waals surface area (Å²) in [5.41, 5.74) is 0. The van der Waals surface area contributed by atoms with Crippen molar-refractivity contribution in [2.45, 2.75) is 64.6 Å². The number of carboxylic acid groups (broad SMARTS) is 1. The van der Waals surface area contributed by atoms with Crippen LogP contribution in [0.5, 0.6) is 0 Å². The first-order chi connectivity index (χ1) is 16.9. The summed E-state index contributed by atoms with van der Waals surface area (Å²) in [6.45, 7) is 3.63. The zero-order valence-corrected chi connectivity index (χ0v) is 20.5. The Bertz CT molecular complexity index is 871. The first-order valence-electron chi connectivity index (χ1n) is 11.4. The molecule has 3 atom stereocenters. The third kappa shape index (κ3) is 11.1. The first kappa shape index (κ1) is 30.2. The molecule has 14 heteroatoms. The van der Waals surface area contributed by atoms with E-state index in [1.165, 1.54) is 32.9 Å². The molecule has 0 radical (unpaired) electrons. The van der Waals surface area contributed by atoms with Crippen molar-refractivity contribution in [1.29, 1.82) is 0 Å². The first-order valence-corrected chi connectivity index (χ1v) is 11.4. The second-order valence-corrected chi connectivity index (χ2v) is 8.15. The van der Waals surface area contributed by atoms with Crippen LogP contribution >= 0.6 is 0 Å². The summed E-state index contributed by atoms with van der Waals surface area (Å²) < 4.78 is 4.68. The molecule has 0 aromatic carbocycles. The van der Waals surface area contributed by atoms with E-state index in [0.29, 0.717) is 19.3 Å². The highest BCUT2D eigenvalue weighted by atomic mass is 16.5. The lowest BCUT2D eigenvalue weighted by atomic mass is 10.1. The molecule has 36 heavy (non-hydrogen) atoms. The Morgan fingerprint density at radius 2 is 1.36 bits per heavy atom. The minimum atomic E-state index is -1.19. The standard InChI is InChI=1S/C22H33N5O9/c1-13(20(33)23-12-36-11-19(31)32)25-22(35)15(3)26-21(34)14(2)24-16(28)7-5-4-6-10-27-17(29)8-9-18(27)30/h8-9,13-15H,4-7,10-12H2,1-3H3,(H,23,33)(H,24,28)(H,25,35)(H,26,34)(H,31,32)/t13-,14-,15-/m0/s1. The van der Waals surface area contributed by atoms with Gasteiger partial charge in [0.05, 0.1) is 0 Å². The molecule has 0 aliphatic carbocycles. The lowest BCUT2D eigenvalue weighted by molar-refractivity contribution is -0.143. The third-order valence-corrected chi connectivity index (χ3v) is 5.03. The SMILES string of the molecule is C[C@H](NC(=O)CCCCCN1C(=O)C=CC1=O)C(=O)N[C@@H](C)C(=O)N[C@@H](C)C(=O)NCOCC(=O)O. The van der Waals surface area contributed by atoms with Gasteiger partial charge in [-0.3, -0.25) is 33.7 Å². The Morgan fingerprint density at radius 1 is 0.833 bits per heavy atom. The van der Waals surface area contributed by atoms with Gasteiger partial charge in [-0.1, -0.05) is 6.42 Å². The van der Waals surface area contributed by atoms with Crippen LogP contribution in [-0.2, 0) is 38.3 Å². The normalized spacial score (nSPS) is 15.1. The van der Waals surface area contributed by atoms with Gasteiger partial charge in [-0.05, 0) is 33.6 Å². The number of nitrogens with zero attached hydrogens (tertiary/aromatic N) is 1. The van der Waals surface area contributed by atoms with Crippen LogP contribution in [-0.4, -0.2) is 89.4 Å². The molecule has 0 unspecified atom stereocenters. The lowest BCUT2D eigenvalue weighted by Crippen LogP contribution is -2.54. The van der Waals surface area contributed by atoms with E-state index in [4.69, 9.17) is 5.11 Å². The average Bonchev–Trinajstić information content (AvgIpc) is 3.13. The van der Waals surface area contributed by atoms with Gasteiger partial charge >= 0.3 is 5.97 Å². The van der Waals surface area contributed by atoms with Crippen molar-refractivity contribution in [1.82, 2.24) is 26.2 Å². The fourth-order valence-electron chi connectivity index (χ4n) is 2.98. The second kappa shape index (κ2) is 15.2. The minimum absolute atomic E-state index is 0.149. The summed E-state index contributed by atoms with van der Waals surface area (Å²) in [5, 5.41) is 18.1. The maximum Gasteiger partial charge on any atom is 0.329 e. The molecule has 0 saturated heterocycles. The number of carboxylic acids is 1. The van der Waals surface area contributed by atoms with Crippen molar-refractivity contribution in [2.24, 2.45) is 0 Å². The van der Waals surface area contributed by atoms with Crippen molar-refractivity contribution in [3.63, 3.8) is 0 Å². The third-order valence-electron chi connectivity index (χ3n) is 5.03. The minimum Gasteiger partial charge on any atom is -0.480 e. The summed E-state index contributed by atoms with van der Waals surface area (Å²) >= 11 is 0. The van der Waals surface area contributed by atoms with Gasteiger partial charge in [0.15, 0.2) is 0 Å². The number of ether oxygens (including phenoxy) is 1. The molecule has 0 saturated carbocycles. The highest BCUT2D eigenvalue weighted by Gasteiger charge is 2.24. The molecular weight excluding hydrogens is 478 g/mol. The molecule has 0 aromatic heterocycles. The topological polar surface area (TPSA) is 200 Å². The van der Waals surface area contributed by atoms with E-state index in [1.807, 2.05) is 0 Å². The Balaban J connectivity index is 2.26. The monoisotopic (exact) mass is 511 g/mol. The molecule has 1 aliphatic rings. The lowest BCUT2D eigenvalue weighted by Gasteiger charge is -2.20. The number of hydrogen-bond donors (Lipinski definition) is 5. The van der Waals surface area contributed by atoms with Crippen LogP contribution in [0.3, 0.4) is 0 Å². The Morgan fingerprint density at radius 3 is 1.92 bits per heavy atom. The van der Waals surface area contributed by atoms with E-state index in [-0.39, 0.29) is 37.4 Å². The van der Waals surface area contributed by atoms with E-state index < -0.39 is 48.4 Å². The van der Waals surface area contributed by atoms with Gasteiger partial charge in [0.25, 0.3) is 11.8 Å². The van der Waals surface area contributed by atoms with Crippen molar-refractivity contribution in [2.75, 3.05) is 19.9 Å². The number of nitrogens with one attached hydrogen (secondary N) is 4. The average molecular weight is 512 g/mol. The largest absolute Gasteiger partial charge is 0.480 e. The summed E-state index contributed by atoms with van der Waals surface area (Å²) in [5.74, 6) is -4.08. The maximum atomic E-state index is 12.3.